The molecule has 0 spiro atoms. The molecule has 0 rings (SSSR count). The zero-order valence-electron chi connectivity index (χ0n) is 38.1. The number of allylic oxidation sites excluding steroid dienone is 6. The second-order valence-electron chi connectivity index (χ2n) is 16.9. The maximum absolute atomic E-state index is 12.2. The van der Waals surface area contributed by atoms with Crippen molar-refractivity contribution in [1.82, 2.24) is 0 Å². The summed E-state index contributed by atoms with van der Waals surface area (Å²) in [6.07, 6.45) is 61.1. The molecule has 0 fully saturated rings. The van der Waals surface area contributed by atoms with E-state index >= 15 is 0 Å². The van der Waals surface area contributed by atoms with Gasteiger partial charge in [0.15, 0.2) is 6.10 Å². The molecule has 5 heteroatoms. The Labute approximate surface area is 355 Å². The largest absolute Gasteiger partial charge is 0.462 e. The van der Waals surface area contributed by atoms with Gasteiger partial charge >= 0.3 is 11.9 Å². The van der Waals surface area contributed by atoms with Crippen LogP contribution in [0, 0.1) is 0 Å². The van der Waals surface area contributed by atoms with Gasteiger partial charge in [0.2, 0.25) is 0 Å². The summed E-state index contributed by atoms with van der Waals surface area (Å²) in [4.78, 5) is 24.3. The second-order valence-corrected chi connectivity index (χ2v) is 16.9. The van der Waals surface area contributed by atoms with E-state index in [4.69, 9.17) is 9.47 Å². The van der Waals surface area contributed by atoms with E-state index in [-0.39, 0.29) is 25.2 Å². The Balaban J connectivity index is 3.42. The zero-order valence-corrected chi connectivity index (χ0v) is 38.1. The average Bonchev–Trinajstić information content (AvgIpc) is 3.21. The van der Waals surface area contributed by atoms with E-state index in [0.717, 1.165) is 51.4 Å². The Bertz CT molecular complexity index is 908. The first-order chi connectivity index (χ1) is 28.1. The third kappa shape index (κ3) is 46.7. The van der Waals surface area contributed by atoms with E-state index in [9.17, 15) is 14.7 Å². The van der Waals surface area contributed by atoms with Gasteiger partial charge in [-0.3, -0.25) is 9.59 Å². The zero-order chi connectivity index (χ0) is 41.4. The summed E-state index contributed by atoms with van der Waals surface area (Å²) in [6.45, 7) is 4.12. The summed E-state index contributed by atoms with van der Waals surface area (Å²) >= 11 is 0. The van der Waals surface area contributed by atoms with Crippen LogP contribution < -0.4 is 0 Å². The Morgan fingerprint density at radius 2 is 0.702 bits per heavy atom. The molecular weight excluding hydrogens is 705 g/mol. The van der Waals surface area contributed by atoms with Crippen molar-refractivity contribution in [3.05, 3.63) is 36.5 Å². The average molecular weight is 801 g/mol. The first-order valence-corrected chi connectivity index (χ1v) is 25.0. The first-order valence-electron chi connectivity index (χ1n) is 25.0. The monoisotopic (exact) mass is 801 g/mol. The van der Waals surface area contributed by atoms with Crippen LogP contribution in [0.5, 0.6) is 0 Å². The van der Waals surface area contributed by atoms with E-state index in [1.165, 1.54) is 186 Å². The van der Waals surface area contributed by atoms with E-state index in [1.54, 1.807) is 0 Å². The van der Waals surface area contributed by atoms with Crippen LogP contribution >= 0.6 is 0 Å². The molecule has 0 aliphatic heterocycles. The number of hydrogen-bond acceptors (Lipinski definition) is 5. The predicted octanol–water partition coefficient (Wildman–Crippen LogP) is 16.4. The van der Waals surface area contributed by atoms with Gasteiger partial charge in [0.1, 0.15) is 6.61 Å². The van der Waals surface area contributed by atoms with E-state index < -0.39 is 6.10 Å². The molecule has 0 heterocycles. The maximum atomic E-state index is 12.2. The number of aliphatic hydroxyl groups excluding tert-OH is 1. The second kappa shape index (κ2) is 48.5. The van der Waals surface area contributed by atoms with Crippen LogP contribution in [0.3, 0.4) is 0 Å². The molecular formula is C52H96O5. The van der Waals surface area contributed by atoms with Gasteiger partial charge in [-0.05, 0) is 70.6 Å². The number of ether oxygens (including phenoxy) is 2. The highest BCUT2D eigenvalue weighted by atomic mass is 16.6. The molecule has 0 radical (unpaired) electrons. The number of carbonyl (C=O) groups excluding carboxylic acids is 2. The van der Waals surface area contributed by atoms with Gasteiger partial charge in [0.25, 0.3) is 0 Å². The summed E-state index contributed by atoms with van der Waals surface area (Å²) < 4.78 is 10.6. The number of esters is 2. The summed E-state index contributed by atoms with van der Waals surface area (Å²) in [5.74, 6) is -0.592. The summed E-state index contributed by atoms with van der Waals surface area (Å²) in [6, 6.07) is 0. The van der Waals surface area contributed by atoms with Crippen molar-refractivity contribution >= 4 is 11.9 Å². The minimum absolute atomic E-state index is 0.0668. The van der Waals surface area contributed by atoms with Gasteiger partial charge in [-0.15, -0.1) is 0 Å². The Kier molecular flexibility index (Phi) is 46.9. The molecule has 0 amide bonds. The minimum Gasteiger partial charge on any atom is -0.462 e. The molecule has 0 aromatic heterocycles. The van der Waals surface area contributed by atoms with E-state index in [1.807, 2.05) is 0 Å². The summed E-state index contributed by atoms with van der Waals surface area (Å²) in [5, 5.41) is 9.59. The van der Waals surface area contributed by atoms with Crippen molar-refractivity contribution < 1.29 is 24.2 Å². The highest BCUT2D eigenvalue weighted by Crippen LogP contribution is 2.16. The molecule has 334 valence electrons. The maximum Gasteiger partial charge on any atom is 0.306 e. The molecule has 0 saturated heterocycles. The molecule has 0 bridgehead atoms. The van der Waals surface area contributed by atoms with Crippen molar-refractivity contribution in [2.75, 3.05) is 13.2 Å². The van der Waals surface area contributed by atoms with Crippen LogP contribution in [0.15, 0.2) is 36.5 Å². The molecule has 1 N–H and O–H groups in total. The van der Waals surface area contributed by atoms with Crippen LogP contribution in [0.1, 0.15) is 264 Å². The first kappa shape index (κ1) is 55.1. The molecule has 1 atom stereocenters. The number of rotatable bonds is 46. The van der Waals surface area contributed by atoms with E-state index in [0.29, 0.717) is 12.8 Å². The van der Waals surface area contributed by atoms with Gasteiger partial charge in [-0.25, -0.2) is 0 Å². The fourth-order valence-corrected chi connectivity index (χ4v) is 7.35. The Morgan fingerprint density at radius 1 is 0.404 bits per heavy atom. The molecule has 0 aliphatic carbocycles. The molecule has 0 aromatic rings. The quantitative estimate of drug-likeness (QED) is 0.0377. The SMILES string of the molecule is CCCCC/C=C\CCCCCCCC(=O)OCC(CO)OC(=O)CCCCCCCCCCCCCCCCCCCCC/C=C\C/C=C\CCCCCCC. The molecule has 0 aliphatic rings. The smallest absolute Gasteiger partial charge is 0.306 e. The topological polar surface area (TPSA) is 72.8 Å². The molecule has 57 heavy (non-hydrogen) atoms. The van der Waals surface area contributed by atoms with Crippen molar-refractivity contribution in [2.45, 2.75) is 270 Å². The van der Waals surface area contributed by atoms with Gasteiger partial charge in [0.05, 0.1) is 6.61 Å². The minimum atomic E-state index is -0.771. The van der Waals surface area contributed by atoms with Crippen LogP contribution in [0.4, 0.5) is 0 Å². The molecule has 0 aromatic carbocycles. The highest BCUT2D eigenvalue weighted by molar-refractivity contribution is 5.70. The lowest BCUT2D eigenvalue weighted by Crippen LogP contribution is -2.28. The number of carbonyl (C=O) groups is 2. The summed E-state index contributed by atoms with van der Waals surface area (Å²) in [5.41, 5.74) is 0. The van der Waals surface area contributed by atoms with Crippen molar-refractivity contribution in [1.29, 1.82) is 0 Å². The third-order valence-electron chi connectivity index (χ3n) is 11.2. The van der Waals surface area contributed by atoms with Crippen molar-refractivity contribution in [3.8, 4) is 0 Å². The fraction of sp³-hybridized carbons (Fsp3) is 0.846. The van der Waals surface area contributed by atoms with Gasteiger partial charge in [-0.1, -0.05) is 217 Å². The Hall–Kier alpha value is -1.88. The molecule has 1 unspecified atom stereocenters. The van der Waals surface area contributed by atoms with Crippen LogP contribution in [-0.2, 0) is 19.1 Å². The van der Waals surface area contributed by atoms with Crippen molar-refractivity contribution in [3.63, 3.8) is 0 Å². The predicted molar refractivity (Wildman–Crippen MR) is 247 cm³/mol. The third-order valence-corrected chi connectivity index (χ3v) is 11.2. The Morgan fingerprint density at radius 3 is 1.09 bits per heavy atom. The van der Waals surface area contributed by atoms with E-state index in [2.05, 4.69) is 50.3 Å². The lowest BCUT2D eigenvalue weighted by atomic mass is 10.0. The van der Waals surface area contributed by atoms with Crippen LogP contribution in [0.25, 0.3) is 0 Å². The number of hydrogen-bond donors (Lipinski definition) is 1. The van der Waals surface area contributed by atoms with Crippen LogP contribution in [-0.4, -0.2) is 36.4 Å². The molecule has 5 nitrogen and oxygen atoms in total. The lowest BCUT2D eigenvalue weighted by molar-refractivity contribution is -0.161. The lowest BCUT2D eigenvalue weighted by Gasteiger charge is -2.15. The van der Waals surface area contributed by atoms with Crippen molar-refractivity contribution in [2.24, 2.45) is 0 Å². The van der Waals surface area contributed by atoms with Crippen LogP contribution in [0.2, 0.25) is 0 Å². The summed E-state index contributed by atoms with van der Waals surface area (Å²) in [7, 11) is 0. The number of aliphatic hydroxyl groups is 1. The van der Waals surface area contributed by atoms with Gasteiger partial charge in [-0.2, -0.15) is 0 Å². The standard InChI is InChI=1S/C52H96O5/c1-3-5-7-9-11-13-15-17-18-19-20-21-22-23-24-25-26-27-28-29-30-31-32-33-34-35-37-39-41-43-45-47-52(55)57-50(48-53)49-56-51(54)46-44-42-40-38-36-16-14-12-10-8-6-4-2/h12,14-15,17,19-20,50,53H,3-11,13,16,18,21-49H2,1-2H3/b14-12-,17-15-,20-19-. The van der Waals surface area contributed by atoms with Gasteiger partial charge in [0, 0.05) is 12.8 Å². The normalized spacial score (nSPS) is 12.4. The fourth-order valence-electron chi connectivity index (χ4n) is 7.35. The number of unbranched alkanes of at least 4 members (excludes halogenated alkanes) is 32. The van der Waals surface area contributed by atoms with Gasteiger partial charge < -0.3 is 14.6 Å². The molecule has 0 saturated carbocycles. The highest BCUT2D eigenvalue weighted by Gasteiger charge is 2.16.